The van der Waals surface area contributed by atoms with Gasteiger partial charge < -0.3 is 0 Å². The zero-order valence-corrected chi connectivity index (χ0v) is 33.9. The Morgan fingerprint density at radius 2 is 0.660 bits per heavy atom. The van der Waals surface area contributed by atoms with Crippen LogP contribution in [0.15, 0.2) is 170 Å². The molecule has 8 aromatic rings. The molecule has 0 heterocycles. The van der Waals surface area contributed by atoms with Gasteiger partial charge in [-0.2, -0.15) is 12.1 Å². The summed E-state index contributed by atoms with van der Waals surface area (Å²) in [5.41, 5.74) is 13.0. The number of benzene rings is 6. The van der Waals surface area contributed by atoms with Gasteiger partial charge in [0.25, 0.3) is 0 Å². The number of hydrogen-bond acceptors (Lipinski definition) is 0. The molecule has 50 heavy (non-hydrogen) atoms. The average molecular weight is 783 g/mol. The van der Waals surface area contributed by atoms with Gasteiger partial charge in [-0.1, -0.05) is 206 Å². The molecule has 0 saturated heterocycles. The Balaban J connectivity index is 0.000000168. The topological polar surface area (TPSA) is 0 Å². The Kier molecular flexibility index (Phi) is 14.2. The molecule has 0 aliphatic carbocycles. The van der Waals surface area contributed by atoms with Crippen molar-refractivity contribution >= 4 is 48.1 Å². The summed E-state index contributed by atoms with van der Waals surface area (Å²) in [5, 5.41) is 5.35. The van der Waals surface area contributed by atoms with Crippen molar-refractivity contribution in [2.75, 3.05) is 0 Å². The summed E-state index contributed by atoms with van der Waals surface area (Å²) in [5.74, 6) is 0. The Labute approximate surface area is 319 Å². The van der Waals surface area contributed by atoms with Crippen LogP contribution in [0.2, 0.25) is 13.1 Å². The van der Waals surface area contributed by atoms with Gasteiger partial charge in [0, 0.05) is 9.52 Å². The number of aryl methyl sites for hydroxylation is 2. The van der Waals surface area contributed by atoms with Gasteiger partial charge in [0.05, 0.1) is 0 Å². The molecule has 0 nitrogen and oxygen atoms in total. The van der Waals surface area contributed by atoms with Crippen molar-refractivity contribution < 1.29 is 20.8 Å². The molecule has 8 rings (SSSR count). The Morgan fingerprint density at radius 3 is 0.940 bits per heavy atom. The first-order valence-electron chi connectivity index (χ1n) is 16.7. The maximum absolute atomic E-state index is 4.93. The first-order chi connectivity index (χ1) is 24.5. The molecule has 0 aliphatic rings. The summed E-state index contributed by atoms with van der Waals surface area (Å²) >= 11 is -0.826. The van der Waals surface area contributed by atoms with Crippen molar-refractivity contribution in [2.45, 2.75) is 26.9 Å². The quantitative estimate of drug-likeness (QED) is 0.123. The van der Waals surface area contributed by atoms with Crippen molar-refractivity contribution in [3.05, 3.63) is 181 Å². The van der Waals surface area contributed by atoms with Crippen molar-refractivity contribution in [3.8, 4) is 44.5 Å². The van der Waals surface area contributed by atoms with E-state index in [9.17, 15) is 0 Å². The third-order valence-corrected chi connectivity index (χ3v) is 8.40. The zero-order chi connectivity index (χ0) is 35.3. The third-order valence-electron chi connectivity index (χ3n) is 8.40. The molecule has 0 fully saturated rings. The van der Waals surface area contributed by atoms with Crippen LogP contribution in [0.5, 0.6) is 0 Å². The fourth-order valence-electron chi connectivity index (χ4n) is 6.37. The van der Waals surface area contributed by atoms with Gasteiger partial charge in [-0.15, -0.1) is 44.8 Å². The van der Waals surface area contributed by atoms with Crippen LogP contribution in [0.3, 0.4) is 0 Å². The summed E-state index contributed by atoms with van der Waals surface area (Å²) < 4.78 is 0. The van der Waals surface area contributed by atoms with E-state index in [1.54, 1.807) is 0 Å². The average Bonchev–Trinajstić information content (AvgIpc) is 3.75. The van der Waals surface area contributed by atoms with Crippen LogP contribution in [0.1, 0.15) is 11.1 Å². The minimum atomic E-state index is -0.826. The monoisotopic (exact) mass is 780 g/mol. The van der Waals surface area contributed by atoms with E-state index < -0.39 is 20.8 Å². The normalized spacial score (nSPS) is 10.2. The second-order valence-electron chi connectivity index (χ2n) is 12.1. The van der Waals surface area contributed by atoms with E-state index in [0.717, 1.165) is 9.52 Å². The number of hydrogen-bond donors (Lipinski definition) is 0. The van der Waals surface area contributed by atoms with Crippen LogP contribution < -0.4 is 0 Å². The summed E-state index contributed by atoms with van der Waals surface area (Å²) in [6.45, 7) is 8.65. The van der Waals surface area contributed by atoms with E-state index in [1.807, 2.05) is 0 Å². The van der Waals surface area contributed by atoms with Gasteiger partial charge >= 0.3 is 37.9 Å². The van der Waals surface area contributed by atoms with Crippen LogP contribution in [0, 0.1) is 13.8 Å². The predicted molar refractivity (Wildman–Crippen MR) is 219 cm³/mol. The van der Waals surface area contributed by atoms with E-state index in [1.165, 1.54) is 77.2 Å². The first-order valence-corrected chi connectivity index (χ1v) is 25.0. The zero-order valence-electron chi connectivity index (χ0n) is 28.9. The fourth-order valence-corrected chi connectivity index (χ4v) is 6.37. The molecule has 0 N–H and O–H groups in total. The van der Waals surface area contributed by atoms with Crippen molar-refractivity contribution in [1.29, 1.82) is 0 Å². The van der Waals surface area contributed by atoms with E-state index in [2.05, 4.69) is 197 Å². The molecule has 8 aromatic carbocycles. The molecule has 0 unspecified atom stereocenters. The second kappa shape index (κ2) is 19.0. The molecule has 0 spiro atoms. The van der Waals surface area contributed by atoms with Gasteiger partial charge in [0.1, 0.15) is 0 Å². The first kappa shape index (κ1) is 37.5. The van der Waals surface area contributed by atoms with Gasteiger partial charge in [0.2, 0.25) is 0 Å². The van der Waals surface area contributed by atoms with Crippen LogP contribution in [-0.2, 0) is 20.8 Å². The summed E-state index contributed by atoms with van der Waals surface area (Å²) in [4.78, 5) is 0. The number of fused-ring (bicyclic) bond motifs is 2. The van der Waals surface area contributed by atoms with Crippen molar-refractivity contribution in [3.63, 3.8) is 0 Å². The standard InChI is InChI=1S/2C22H17.C2H6Si.2ClH.Zr/c2*1-16-14-21-19(17-8-4-2-5-9-17)12-13-20(22(21)15-16)18-10-6-3-7-11-18;1-3-2;;;/h2*2-15H,1H3;1-2H3;2*1H;/q2*-1;;;;+4/p-2. The molecule has 0 atom stereocenters. The molecule has 0 bridgehead atoms. The fraction of sp³-hybridized carbons (Fsp3) is 0.0870. The van der Waals surface area contributed by atoms with E-state index >= 15 is 0 Å². The number of halogens is 2. The van der Waals surface area contributed by atoms with Crippen LogP contribution in [0.25, 0.3) is 66.1 Å². The van der Waals surface area contributed by atoms with Gasteiger partial charge in [0.15, 0.2) is 0 Å². The molecule has 246 valence electrons. The molecule has 0 aliphatic heterocycles. The molecule has 4 heteroatoms. The summed E-state index contributed by atoms with van der Waals surface area (Å²) in [6, 6.07) is 60.7. The van der Waals surface area contributed by atoms with Crippen LogP contribution in [-0.4, -0.2) is 9.52 Å². The maximum atomic E-state index is 4.93. The predicted octanol–water partition coefficient (Wildman–Crippen LogP) is 14.6. The SMILES string of the molecule is C[Si]C.Cc1cc2c(-c3ccccc3)ccc(-c3ccccc3)c2[cH-]1.Cc1cc2c(-c3ccccc3)ccc(-c3ccccc3)c2[cH-]1.[Cl][Zr+2][Cl]. The van der Waals surface area contributed by atoms with E-state index in [-0.39, 0.29) is 0 Å². The van der Waals surface area contributed by atoms with Crippen LogP contribution in [0.4, 0.5) is 0 Å². The Morgan fingerprint density at radius 1 is 0.420 bits per heavy atom. The second-order valence-corrected chi connectivity index (χ2v) is 16.8. The molecule has 2 radical (unpaired) electrons. The van der Waals surface area contributed by atoms with Crippen molar-refractivity contribution in [1.82, 2.24) is 0 Å². The molecule has 0 saturated carbocycles. The van der Waals surface area contributed by atoms with Gasteiger partial charge in [-0.25, -0.2) is 0 Å². The van der Waals surface area contributed by atoms with Gasteiger partial charge in [-0.3, -0.25) is 0 Å². The van der Waals surface area contributed by atoms with Crippen molar-refractivity contribution in [2.24, 2.45) is 0 Å². The molecular formula is C46H40Cl2SiZr. The van der Waals surface area contributed by atoms with Gasteiger partial charge in [-0.05, 0) is 11.1 Å². The Bertz CT molecular complexity index is 1890. The summed E-state index contributed by atoms with van der Waals surface area (Å²) in [6.07, 6.45) is 0. The molecule has 0 amide bonds. The summed E-state index contributed by atoms with van der Waals surface area (Å²) in [7, 11) is 11.0. The third kappa shape index (κ3) is 9.30. The Hall–Kier alpha value is -3.78. The number of rotatable bonds is 4. The molecule has 0 aromatic heterocycles. The molecular weight excluding hydrogens is 743 g/mol. The van der Waals surface area contributed by atoms with Crippen LogP contribution >= 0.6 is 17.0 Å². The van der Waals surface area contributed by atoms with E-state index in [4.69, 9.17) is 17.0 Å². The van der Waals surface area contributed by atoms with E-state index in [0.29, 0.717) is 0 Å². The minimum absolute atomic E-state index is 0.826.